The van der Waals surface area contributed by atoms with E-state index in [0.717, 1.165) is 41.1 Å². The van der Waals surface area contributed by atoms with Crippen LogP contribution >= 0.6 is 11.6 Å². The number of benzene rings is 2. The molecule has 1 fully saturated rings. The Balaban J connectivity index is 1.43. The topological polar surface area (TPSA) is 64.9 Å². The van der Waals surface area contributed by atoms with Crippen LogP contribution in [-0.4, -0.2) is 28.0 Å². The Kier molecular flexibility index (Phi) is 6.91. The van der Waals surface area contributed by atoms with Crippen molar-refractivity contribution < 1.29 is 14.3 Å². The first-order valence-electron chi connectivity index (χ1n) is 12.0. The number of para-hydroxylation sites is 1. The van der Waals surface area contributed by atoms with E-state index < -0.39 is 5.97 Å². The molecule has 0 unspecified atom stereocenters. The average molecular weight is 490 g/mol. The second-order valence-corrected chi connectivity index (χ2v) is 9.37. The minimum Gasteiger partial charge on any atom is -0.482 e. The monoisotopic (exact) mass is 489 g/mol. The van der Waals surface area contributed by atoms with Crippen LogP contribution in [0.4, 0.5) is 5.82 Å². The third-order valence-electron chi connectivity index (χ3n) is 6.26. The number of hydrogen-bond donors (Lipinski definition) is 1. The zero-order chi connectivity index (χ0) is 24.2. The third kappa shape index (κ3) is 5.43. The highest BCUT2D eigenvalue weighted by molar-refractivity contribution is 6.30. The minimum absolute atomic E-state index is 0.215. The van der Waals surface area contributed by atoms with Gasteiger partial charge in [-0.3, -0.25) is 4.40 Å². The smallest absolute Gasteiger partial charge is 0.349 e. The van der Waals surface area contributed by atoms with Crippen molar-refractivity contribution in [1.29, 1.82) is 0 Å². The Morgan fingerprint density at radius 3 is 2.66 bits per heavy atom. The van der Waals surface area contributed by atoms with Gasteiger partial charge in [0.05, 0.1) is 0 Å². The molecular weight excluding hydrogens is 462 g/mol. The van der Waals surface area contributed by atoms with Crippen LogP contribution < -0.4 is 14.8 Å². The number of ether oxygens (including phenoxy) is 2. The van der Waals surface area contributed by atoms with Gasteiger partial charge in [0.1, 0.15) is 28.7 Å². The maximum atomic E-state index is 12.6. The van der Waals surface area contributed by atoms with Crippen LogP contribution in [0.2, 0.25) is 5.02 Å². The first-order chi connectivity index (χ1) is 17.1. The van der Waals surface area contributed by atoms with Crippen molar-refractivity contribution >= 4 is 29.0 Å². The Labute approximate surface area is 209 Å². The SMILES string of the molecule is Cc1ccn2c(NC3CCCCC3)c(-c3ccccc3OC(=O)COc3ccc(Cl)cc3)nc2c1. The fourth-order valence-corrected chi connectivity index (χ4v) is 4.61. The number of carbonyl (C=O) groups excluding carboxylic acids is 1. The van der Waals surface area contributed by atoms with Gasteiger partial charge in [-0.25, -0.2) is 9.78 Å². The number of nitrogens with one attached hydrogen (secondary N) is 1. The predicted octanol–water partition coefficient (Wildman–Crippen LogP) is 6.69. The second-order valence-electron chi connectivity index (χ2n) is 8.93. The highest BCUT2D eigenvalue weighted by Gasteiger charge is 2.22. The molecule has 2 heterocycles. The molecule has 4 aromatic rings. The Morgan fingerprint density at radius 2 is 1.86 bits per heavy atom. The standard InChI is InChI=1S/C28H28ClN3O3/c1-19-15-16-32-25(17-19)31-27(28(32)30-21-7-3-2-4-8-21)23-9-5-6-10-24(23)35-26(33)18-34-22-13-11-20(29)12-14-22/h5-6,9-17,21,30H,2-4,7-8,18H2,1H3. The van der Waals surface area contributed by atoms with Gasteiger partial charge in [0.2, 0.25) is 0 Å². The molecule has 1 N–H and O–H groups in total. The largest absolute Gasteiger partial charge is 0.482 e. The van der Waals surface area contributed by atoms with Gasteiger partial charge in [0.25, 0.3) is 0 Å². The third-order valence-corrected chi connectivity index (χ3v) is 6.52. The first-order valence-corrected chi connectivity index (χ1v) is 12.4. The molecule has 35 heavy (non-hydrogen) atoms. The van der Waals surface area contributed by atoms with E-state index in [1.54, 1.807) is 30.3 Å². The molecule has 1 aliphatic rings. The van der Waals surface area contributed by atoms with Gasteiger partial charge in [0, 0.05) is 22.8 Å². The Hall–Kier alpha value is -3.51. The van der Waals surface area contributed by atoms with Crippen molar-refractivity contribution in [1.82, 2.24) is 9.38 Å². The summed E-state index contributed by atoms with van der Waals surface area (Å²) >= 11 is 5.91. The lowest BCUT2D eigenvalue weighted by molar-refractivity contribution is -0.136. The van der Waals surface area contributed by atoms with Crippen LogP contribution in [0.3, 0.4) is 0 Å². The molecule has 0 aliphatic heterocycles. The average Bonchev–Trinajstić information content (AvgIpc) is 3.21. The molecule has 2 aromatic carbocycles. The number of aryl methyl sites for hydroxylation is 1. The van der Waals surface area contributed by atoms with Gasteiger partial charge in [-0.2, -0.15) is 0 Å². The van der Waals surface area contributed by atoms with Crippen molar-refractivity contribution in [3.63, 3.8) is 0 Å². The molecular formula is C28H28ClN3O3. The molecule has 2 aromatic heterocycles. The van der Waals surface area contributed by atoms with Crippen LogP contribution in [0.15, 0.2) is 66.9 Å². The zero-order valence-electron chi connectivity index (χ0n) is 19.7. The summed E-state index contributed by atoms with van der Waals surface area (Å²) in [5.41, 5.74) is 3.51. The van der Waals surface area contributed by atoms with Crippen LogP contribution in [0.5, 0.6) is 11.5 Å². The lowest BCUT2D eigenvalue weighted by Crippen LogP contribution is -2.23. The number of nitrogens with zero attached hydrogens (tertiary/aromatic N) is 2. The number of halogens is 1. The number of fused-ring (bicyclic) bond motifs is 1. The second kappa shape index (κ2) is 10.4. The van der Waals surface area contributed by atoms with E-state index in [1.165, 1.54) is 19.3 Å². The molecule has 1 aliphatic carbocycles. The maximum absolute atomic E-state index is 12.6. The number of aromatic nitrogens is 2. The van der Waals surface area contributed by atoms with Crippen molar-refractivity contribution in [3.8, 4) is 22.8 Å². The van der Waals surface area contributed by atoms with E-state index in [0.29, 0.717) is 22.6 Å². The fourth-order valence-electron chi connectivity index (χ4n) is 4.49. The lowest BCUT2D eigenvalue weighted by atomic mass is 9.95. The maximum Gasteiger partial charge on any atom is 0.349 e. The molecule has 7 heteroatoms. The summed E-state index contributed by atoms with van der Waals surface area (Å²) < 4.78 is 13.4. The fraction of sp³-hybridized carbons (Fsp3) is 0.286. The van der Waals surface area contributed by atoms with Crippen LogP contribution in [0.25, 0.3) is 16.9 Å². The number of rotatable bonds is 7. The van der Waals surface area contributed by atoms with Gasteiger partial charge in [-0.05, 0) is 73.9 Å². The summed E-state index contributed by atoms with van der Waals surface area (Å²) in [6, 6.07) is 18.9. The Bertz CT molecular complexity index is 1330. The number of imidazole rings is 1. The molecule has 0 saturated heterocycles. The van der Waals surface area contributed by atoms with E-state index in [2.05, 4.69) is 28.8 Å². The molecule has 0 amide bonds. The number of esters is 1. The summed E-state index contributed by atoms with van der Waals surface area (Å²) in [6.45, 7) is 1.84. The van der Waals surface area contributed by atoms with Crippen molar-refractivity contribution in [2.24, 2.45) is 0 Å². The first kappa shape index (κ1) is 23.2. The molecule has 1 saturated carbocycles. The van der Waals surface area contributed by atoms with Crippen LogP contribution in [0, 0.1) is 6.92 Å². The number of anilines is 1. The van der Waals surface area contributed by atoms with Crippen LogP contribution in [0.1, 0.15) is 37.7 Å². The van der Waals surface area contributed by atoms with Crippen molar-refractivity contribution in [2.75, 3.05) is 11.9 Å². The molecule has 6 nitrogen and oxygen atoms in total. The van der Waals surface area contributed by atoms with Gasteiger partial charge in [0.15, 0.2) is 6.61 Å². The molecule has 0 radical (unpaired) electrons. The quantitative estimate of drug-likeness (QED) is 0.231. The lowest BCUT2D eigenvalue weighted by Gasteiger charge is -2.24. The predicted molar refractivity (Wildman–Crippen MR) is 138 cm³/mol. The van der Waals surface area contributed by atoms with E-state index in [1.807, 2.05) is 24.4 Å². The number of hydrogen-bond acceptors (Lipinski definition) is 5. The van der Waals surface area contributed by atoms with E-state index in [4.69, 9.17) is 26.1 Å². The molecule has 0 atom stereocenters. The van der Waals surface area contributed by atoms with Crippen molar-refractivity contribution in [3.05, 3.63) is 77.4 Å². The van der Waals surface area contributed by atoms with Gasteiger partial charge >= 0.3 is 5.97 Å². The number of carbonyl (C=O) groups is 1. The summed E-state index contributed by atoms with van der Waals surface area (Å²) in [4.78, 5) is 17.6. The summed E-state index contributed by atoms with van der Waals surface area (Å²) in [5, 5.41) is 4.35. The minimum atomic E-state index is -0.492. The molecule has 5 rings (SSSR count). The van der Waals surface area contributed by atoms with Gasteiger partial charge in [-0.15, -0.1) is 0 Å². The van der Waals surface area contributed by atoms with Crippen molar-refractivity contribution in [2.45, 2.75) is 45.1 Å². The normalized spacial score (nSPS) is 14.1. The molecule has 0 bridgehead atoms. The van der Waals surface area contributed by atoms with E-state index in [-0.39, 0.29) is 6.61 Å². The summed E-state index contributed by atoms with van der Waals surface area (Å²) in [7, 11) is 0. The van der Waals surface area contributed by atoms with E-state index in [9.17, 15) is 4.79 Å². The number of pyridine rings is 1. The highest BCUT2D eigenvalue weighted by Crippen LogP contribution is 2.37. The summed E-state index contributed by atoms with van der Waals surface area (Å²) in [5.74, 6) is 1.43. The van der Waals surface area contributed by atoms with Gasteiger partial charge in [-0.1, -0.05) is 43.0 Å². The summed E-state index contributed by atoms with van der Waals surface area (Å²) in [6.07, 6.45) is 8.05. The molecule has 180 valence electrons. The highest BCUT2D eigenvalue weighted by atomic mass is 35.5. The zero-order valence-corrected chi connectivity index (χ0v) is 20.4. The van der Waals surface area contributed by atoms with Gasteiger partial charge < -0.3 is 14.8 Å². The van der Waals surface area contributed by atoms with Crippen LogP contribution in [-0.2, 0) is 4.79 Å². The molecule has 0 spiro atoms. The van der Waals surface area contributed by atoms with E-state index >= 15 is 0 Å². The Morgan fingerprint density at radius 1 is 1.09 bits per heavy atom.